The minimum absolute atomic E-state index is 0.105. The lowest BCUT2D eigenvalue weighted by atomic mass is 9.99. The number of ether oxygens (including phenoxy) is 4. The highest BCUT2D eigenvalue weighted by molar-refractivity contribution is 7.47. The van der Waals surface area contributed by atoms with E-state index in [1.54, 1.807) is 0 Å². The van der Waals surface area contributed by atoms with Crippen LogP contribution in [0.4, 0.5) is 0 Å². The van der Waals surface area contributed by atoms with Gasteiger partial charge in [0.2, 0.25) is 0 Å². The highest BCUT2D eigenvalue weighted by Gasteiger charge is 2.30. The average molecular weight is 1330 g/mol. The van der Waals surface area contributed by atoms with Gasteiger partial charge >= 0.3 is 39.5 Å². The Morgan fingerprint density at radius 1 is 0.322 bits per heavy atom. The van der Waals surface area contributed by atoms with Crippen LogP contribution >= 0.6 is 15.6 Å². The molecule has 0 aromatic rings. The van der Waals surface area contributed by atoms with Gasteiger partial charge in [0.05, 0.1) is 26.4 Å². The zero-order valence-corrected chi connectivity index (χ0v) is 60.4. The Bertz CT molecular complexity index is 1770. The molecule has 0 spiro atoms. The summed E-state index contributed by atoms with van der Waals surface area (Å²) in [6.07, 6.45) is 45.7. The van der Waals surface area contributed by atoms with Crippen LogP contribution in [0.1, 0.15) is 357 Å². The fourth-order valence-corrected chi connectivity index (χ4v) is 12.3. The van der Waals surface area contributed by atoms with Crippen LogP contribution < -0.4 is 0 Å². The zero-order valence-electron chi connectivity index (χ0n) is 58.6. The van der Waals surface area contributed by atoms with Crippen molar-refractivity contribution < 1.29 is 80.2 Å². The van der Waals surface area contributed by atoms with E-state index in [1.807, 2.05) is 0 Å². The molecule has 19 heteroatoms. The van der Waals surface area contributed by atoms with Crippen molar-refractivity contribution in [3.05, 3.63) is 0 Å². The zero-order chi connectivity index (χ0) is 66.6. The molecule has 0 rings (SSSR count). The Kier molecular flexibility index (Phi) is 60.6. The number of phosphoric acid groups is 2. The largest absolute Gasteiger partial charge is 0.472 e. The Labute approximate surface area is 549 Å². The summed E-state index contributed by atoms with van der Waals surface area (Å²) < 4.78 is 68.3. The van der Waals surface area contributed by atoms with Crippen molar-refractivity contribution in [1.29, 1.82) is 0 Å². The second-order valence-electron chi connectivity index (χ2n) is 26.8. The molecule has 0 fully saturated rings. The molecule has 0 aliphatic rings. The summed E-state index contributed by atoms with van der Waals surface area (Å²) in [5.41, 5.74) is 0. The number of carbonyl (C=O) groups is 4. The van der Waals surface area contributed by atoms with Crippen molar-refractivity contribution in [3.63, 3.8) is 0 Å². The summed E-state index contributed by atoms with van der Waals surface area (Å²) >= 11 is 0. The molecule has 0 saturated carbocycles. The number of phosphoric ester groups is 2. The number of esters is 4. The molecular weight excluding hydrogens is 1190 g/mol. The minimum atomic E-state index is -4.95. The molecule has 0 bridgehead atoms. The van der Waals surface area contributed by atoms with Gasteiger partial charge in [-0.1, -0.05) is 305 Å². The van der Waals surface area contributed by atoms with Crippen molar-refractivity contribution in [2.24, 2.45) is 17.8 Å². The highest BCUT2D eigenvalue weighted by atomic mass is 31.2. The molecule has 90 heavy (non-hydrogen) atoms. The van der Waals surface area contributed by atoms with Crippen LogP contribution in [-0.4, -0.2) is 96.7 Å². The highest BCUT2D eigenvalue weighted by Crippen LogP contribution is 2.45. The number of aliphatic hydroxyl groups is 1. The lowest BCUT2D eigenvalue weighted by Crippen LogP contribution is -2.30. The third-order valence-corrected chi connectivity index (χ3v) is 18.6. The van der Waals surface area contributed by atoms with E-state index in [9.17, 15) is 43.2 Å². The maximum absolute atomic E-state index is 13.0. The number of carbonyl (C=O) groups excluding carboxylic acids is 4. The Morgan fingerprint density at radius 3 is 0.844 bits per heavy atom. The predicted octanol–water partition coefficient (Wildman–Crippen LogP) is 20.2. The SMILES string of the molecule is CCCCCCCCCCCCCCCCC(=O)O[C@H](COC(=O)CCCCCCCCCCCC(C)C)COP(=O)(O)OC[C@@H](O)COP(=O)(O)OC[C@@H](COC(=O)CCCCCCCCCCC(C)CC)OC(=O)CCCCCCCCCCCC(C)C. The van der Waals surface area contributed by atoms with Gasteiger partial charge in [-0.25, -0.2) is 9.13 Å². The first-order valence-electron chi connectivity index (χ1n) is 36.9. The summed E-state index contributed by atoms with van der Waals surface area (Å²) in [6.45, 7) is 11.8. The summed E-state index contributed by atoms with van der Waals surface area (Å²) in [7, 11) is -9.90. The van der Waals surface area contributed by atoms with Gasteiger partial charge in [-0.2, -0.15) is 0 Å². The van der Waals surface area contributed by atoms with Crippen LogP contribution in [0.15, 0.2) is 0 Å². The van der Waals surface area contributed by atoms with E-state index < -0.39 is 97.5 Å². The third-order valence-electron chi connectivity index (χ3n) is 16.7. The fraction of sp³-hybridized carbons (Fsp3) is 0.944. The summed E-state index contributed by atoms with van der Waals surface area (Å²) in [4.78, 5) is 72.6. The first-order valence-corrected chi connectivity index (χ1v) is 39.9. The number of unbranched alkanes of at least 4 members (excludes halogenated alkanes) is 36. The molecule has 0 aromatic heterocycles. The van der Waals surface area contributed by atoms with Gasteiger partial charge in [-0.05, 0) is 43.4 Å². The maximum atomic E-state index is 13.0. The third kappa shape index (κ3) is 63.5. The minimum Gasteiger partial charge on any atom is -0.462 e. The fourth-order valence-electron chi connectivity index (χ4n) is 10.7. The van der Waals surface area contributed by atoms with Gasteiger partial charge in [-0.15, -0.1) is 0 Å². The Hall–Kier alpha value is -1.94. The quantitative estimate of drug-likeness (QED) is 0.0222. The van der Waals surface area contributed by atoms with E-state index >= 15 is 0 Å². The topological polar surface area (TPSA) is 237 Å². The lowest BCUT2D eigenvalue weighted by Gasteiger charge is -2.21. The molecule has 0 radical (unpaired) electrons. The van der Waals surface area contributed by atoms with E-state index in [0.717, 1.165) is 108 Å². The molecule has 3 unspecified atom stereocenters. The smallest absolute Gasteiger partial charge is 0.462 e. The van der Waals surface area contributed by atoms with Gasteiger partial charge in [-0.3, -0.25) is 37.3 Å². The van der Waals surface area contributed by atoms with Gasteiger partial charge in [0, 0.05) is 25.7 Å². The van der Waals surface area contributed by atoms with E-state index in [4.69, 9.17) is 37.0 Å². The molecule has 3 N–H and O–H groups in total. The lowest BCUT2D eigenvalue weighted by molar-refractivity contribution is -0.161. The molecule has 534 valence electrons. The monoisotopic (exact) mass is 1320 g/mol. The molecule has 0 aromatic carbocycles. The van der Waals surface area contributed by atoms with Crippen LogP contribution in [0.5, 0.6) is 0 Å². The van der Waals surface area contributed by atoms with Crippen LogP contribution in [0.25, 0.3) is 0 Å². The van der Waals surface area contributed by atoms with Crippen LogP contribution in [0.2, 0.25) is 0 Å². The number of aliphatic hydroxyl groups excluding tert-OH is 1. The average Bonchev–Trinajstić information content (AvgIpc) is 3.66. The summed E-state index contributed by atoms with van der Waals surface area (Å²) in [6, 6.07) is 0. The molecule has 0 saturated heterocycles. The van der Waals surface area contributed by atoms with Crippen molar-refractivity contribution >= 4 is 39.5 Å². The maximum Gasteiger partial charge on any atom is 0.472 e. The molecule has 0 aliphatic heterocycles. The Balaban J connectivity index is 5.27. The van der Waals surface area contributed by atoms with Crippen molar-refractivity contribution in [3.8, 4) is 0 Å². The standard InChI is InChI=1S/C71H138O17P2/c1-8-10-11-12-13-14-15-16-17-18-23-33-40-47-54-70(75)87-66(58-81-68(73)52-45-38-31-24-19-21-28-35-42-49-62(3)4)60-85-89(77,78)83-56-65(72)57-84-90(79,80)86-61-67(88-71(76)55-48-41-34-25-20-22-29-36-43-50-63(5)6)59-82-69(74)53-46-39-32-27-26-30-37-44-51-64(7)9-2/h62-67,72H,8-61H2,1-7H3,(H,77,78)(H,79,80)/t64?,65-,66-,67-/m1/s1. The second kappa shape index (κ2) is 61.9. The molecule has 6 atom stereocenters. The summed E-state index contributed by atoms with van der Waals surface area (Å²) in [5.74, 6) is 0.133. The van der Waals surface area contributed by atoms with Gasteiger partial charge in [0.25, 0.3) is 0 Å². The first kappa shape index (κ1) is 88.1. The molecule has 0 amide bonds. The molecular formula is C71H138O17P2. The van der Waals surface area contributed by atoms with Crippen molar-refractivity contribution in [1.82, 2.24) is 0 Å². The van der Waals surface area contributed by atoms with Crippen molar-refractivity contribution in [2.45, 2.75) is 375 Å². The first-order chi connectivity index (χ1) is 43.3. The van der Waals surface area contributed by atoms with Gasteiger partial charge < -0.3 is 33.8 Å². The van der Waals surface area contributed by atoms with E-state index in [2.05, 4.69) is 48.5 Å². The normalized spacial score (nSPS) is 14.5. The van der Waals surface area contributed by atoms with E-state index in [0.29, 0.717) is 25.7 Å². The molecule has 0 heterocycles. The second-order valence-corrected chi connectivity index (χ2v) is 29.7. The van der Waals surface area contributed by atoms with Gasteiger partial charge in [0.15, 0.2) is 12.2 Å². The van der Waals surface area contributed by atoms with Crippen LogP contribution in [0, 0.1) is 17.8 Å². The van der Waals surface area contributed by atoms with Crippen LogP contribution in [0.3, 0.4) is 0 Å². The van der Waals surface area contributed by atoms with Crippen LogP contribution in [-0.2, 0) is 65.4 Å². The Morgan fingerprint density at radius 2 is 0.567 bits per heavy atom. The predicted molar refractivity (Wildman–Crippen MR) is 363 cm³/mol. The van der Waals surface area contributed by atoms with Crippen molar-refractivity contribution in [2.75, 3.05) is 39.6 Å². The number of rotatable bonds is 69. The van der Waals surface area contributed by atoms with E-state index in [1.165, 1.54) is 167 Å². The summed E-state index contributed by atoms with van der Waals surface area (Å²) in [5, 5.41) is 10.6. The van der Waals surface area contributed by atoms with Gasteiger partial charge in [0.1, 0.15) is 19.3 Å². The number of hydrogen-bond acceptors (Lipinski definition) is 15. The molecule has 17 nitrogen and oxygen atoms in total. The molecule has 0 aliphatic carbocycles. The van der Waals surface area contributed by atoms with E-state index in [-0.39, 0.29) is 25.7 Å². The number of hydrogen-bond donors (Lipinski definition) is 3.